The van der Waals surface area contributed by atoms with Gasteiger partial charge in [0.15, 0.2) is 0 Å². The fraction of sp³-hybridized carbons (Fsp3) is 0.714. The first-order valence-corrected chi connectivity index (χ1v) is 10.9. The standard InChI is InChI=1S/C21H35NO2S/c1-5-17-12-9-13-19(23)20(17)18(22-25(24)21(2,3)4)15-14-16-10-7-6-8-11-16/h6-8,10-11,17-20,22-23H,5,9,12-15H2,1-4H3/t17-,18+,19+,20-,25?/m0/s1. The summed E-state index contributed by atoms with van der Waals surface area (Å²) in [4.78, 5) is 0. The van der Waals surface area contributed by atoms with E-state index in [1.807, 2.05) is 26.8 Å². The predicted octanol–water partition coefficient (Wildman–Crippen LogP) is 4.23. The lowest BCUT2D eigenvalue weighted by atomic mass is 9.71. The van der Waals surface area contributed by atoms with Crippen molar-refractivity contribution in [3.05, 3.63) is 35.9 Å². The molecule has 1 saturated carbocycles. The molecule has 0 radical (unpaired) electrons. The third kappa shape index (κ3) is 5.90. The largest absolute Gasteiger partial charge is 0.393 e. The Balaban J connectivity index is 2.16. The highest BCUT2D eigenvalue weighted by Crippen LogP contribution is 2.36. The van der Waals surface area contributed by atoms with Gasteiger partial charge in [0.2, 0.25) is 0 Å². The molecular weight excluding hydrogens is 330 g/mol. The Hall–Kier alpha value is -0.710. The topological polar surface area (TPSA) is 49.3 Å². The zero-order valence-electron chi connectivity index (χ0n) is 16.2. The van der Waals surface area contributed by atoms with E-state index in [9.17, 15) is 9.32 Å². The third-order valence-corrected chi connectivity index (χ3v) is 7.08. The molecule has 0 heterocycles. The molecule has 3 nitrogen and oxygen atoms in total. The number of nitrogens with one attached hydrogen (secondary N) is 1. The summed E-state index contributed by atoms with van der Waals surface area (Å²) in [5.41, 5.74) is 1.30. The molecule has 25 heavy (non-hydrogen) atoms. The van der Waals surface area contributed by atoms with Crippen LogP contribution in [0.1, 0.15) is 65.4 Å². The van der Waals surface area contributed by atoms with E-state index in [2.05, 4.69) is 35.9 Å². The molecule has 0 aliphatic heterocycles. The van der Waals surface area contributed by atoms with Gasteiger partial charge >= 0.3 is 0 Å². The summed E-state index contributed by atoms with van der Waals surface area (Å²) in [6.07, 6.45) is 5.78. The van der Waals surface area contributed by atoms with E-state index >= 15 is 0 Å². The van der Waals surface area contributed by atoms with Crippen molar-refractivity contribution in [3.8, 4) is 0 Å². The van der Waals surface area contributed by atoms with Gasteiger partial charge in [-0.1, -0.05) is 50.1 Å². The monoisotopic (exact) mass is 365 g/mol. The van der Waals surface area contributed by atoms with Crippen LogP contribution in [0.4, 0.5) is 0 Å². The Morgan fingerprint density at radius 1 is 1.24 bits per heavy atom. The minimum Gasteiger partial charge on any atom is -0.393 e. The van der Waals surface area contributed by atoms with Crippen molar-refractivity contribution in [2.75, 3.05) is 0 Å². The van der Waals surface area contributed by atoms with Gasteiger partial charge in [0.05, 0.1) is 21.8 Å². The summed E-state index contributed by atoms with van der Waals surface area (Å²) in [7, 11) is -1.12. The molecule has 5 atom stereocenters. The van der Waals surface area contributed by atoms with Crippen molar-refractivity contribution >= 4 is 11.0 Å². The van der Waals surface area contributed by atoms with E-state index in [0.717, 1.165) is 32.1 Å². The highest BCUT2D eigenvalue weighted by molar-refractivity contribution is 7.84. The highest BCUT2D eigenvalue weighted by atomic mass is 32.2. The van der Waals surface area contributed by atoms with Crippen molar-refractivity contribution in [2.24, 2.45) is 11.8 Å². The van der Waals surface area contributed by atoms with Crippen LogP contribution in [-0.2, 0) is 17.4 Å². The van der Waals surface area contributed by atoms with Crippen LogP contribution in [0.3, 0.4) is 0 Å². The zero-order valence-corrected chi connectivity index (χ0v) is 17.0. The van der Waals surface area contributed by atoms with Crippen molar-refractivity contribution in [2.45, 2.75) is 83.1 Å². The first-order chi connectivity index (χ1) is 11.8. The van der Waals surface area contributed by atoms with Gasteiger partial charge in [-0.2, -0.15) is 0 Å². The van der Waals surface area contributed by atoms with Crippen LogP contribution in [0, 0.1) is 11.8 Å². The molecule has 2 N–H and O–H groups in total. The Morgan fingerprint density at radius 3 is 2.52 bits per heavy atom. The summed E-state index contributed by atoms with van der Waals surface area (Å²) in [6.45, 7) is 8.21. The van der Waals surface area contributed by atoms with Gasteiger partial charge in [-0.25, -0.2) is 8.93 Å². The van der Waals surface area contributed by atoms with Gasteiger partial charge in [-0.05, 0) is 57.9 Å². The molecule has 0 bridgehead atoms. The van der Waals surface area contributed by atoms with Gasteiger partial charge in [-0.3, -0.25) is 0 Å². The Kier molecular flexibility index (Phi) is 7.66. The van der Waals surface area contributed by atoms with E-state index in [-0.39, 0.29) is 22.8 Å². The molecule has 0 saturated heterocycles. The molecule has 142 valence electrons. The van der Waals surface area contributed by atoms with Gasteiger partial charge in [0.1, 0.15) is 0 Å². The molecular formula is C21H35NO2S. The normalized spacial score (nSPS) is 27.0. The number of aliphatic hydroxyl groups is 1. The van der Waals surface area contributed by atoms with Crippen LogP contribution in [0.15, 0.2) is 30.3 Å². The SMILES string of the molecule is CC[C@H]1CCC[C@@H](O)[C@@H]1[C@@H](CCc1ccccc1)NS(=O)C(C)(C)C. The number of rotatable bonds is 7. The molecule has 0 aromatic heterocycles. The van der Waals surface area contributed by atoms with Crippen molar-refractivity contribution in [1.29, 1.82) is 0 Å². The molecule has 1 fully saturated rings. The van der Waals surface area contributed by atoms with Gasteiger partial charge in [0.25, 0.3) is 0 Å². The van der Waals surface area contributed by atoms with E-state index < -0.39 is 11.0 Å². The smallest absolute Gasteiger partial charge is 0.0972 e. The van der Waals surface area contributed by atoms with Gasteiger partial charge < -0.3 is 5.11 Å². The maximum absolute atomic E-state index is 12.7. The van der Waals surface area contributed by atoms with Crippen molar-refractivity contribution < 1.29 is 9.32 Å². The summed E-state index contributed by atoms with van der Waals surface area (Å²) < 4.78 is 15.9. The summed E-state index contributed by atoms with van der Waals surface area (Å²) in [5, 5.41) is 10.7. The fourth-order valence-corrected chi connectivity index (χ4v) is 4.88. The number of aryl methyl sites for hydroxylation is 1. The average molecular weight is 366 g/mol. The molecule has 1 aliphatic rings. The Morgan fingerprint density at radius 2 is 1.92 bits per heavy atom. The first kappa shape index (κ1) is 20.6. The molecule has 1 unspecified atom stereocenters. The molecule has 0 spiro atoms. The second-order valence-corrected chi connectivity index (χ2v) is 10.4. The molecule has 4 heteroatoms. The predicted molar refractivity (Wildman–Crippen MR) is 107 cm³/mol. The Bertz CT molecular complexity index is 541. The van der Waals surface area contributed by atoms with Crippen molar-refractivity contribution in [3.63, 3.8) is 0 Å². The lowest BCUT2D eigenvalue weighted by molar-refractivity contribution is 0.0123. The third-order valence-electron chi connectivity index (χ3n) is 5.45. The quantitative estimate of drug-likeness (QED) is 0.760. The highest BCUT2D eigenvalue weighted by Gasteiger charge is 2.38. The number of benzene rings is 1. The van der Waals surface area contributed by atoms with E-state index in [1.165, 1.54) is 12.0 Å². The van der Waals surface area contributed by atoms with E-state index in [0.29, 0.717) is 5.92 Å². The van der Waals surface area contributed by atoms with Crippen LogP contribution in [0.2, 0.25) is 0 Å². The van der Waals surface area contributed by atoms with Crippen LogP contribution >= 0.6 is 0 Å². The van der Waals surface area contributed by atoms with Gasteiger partial charge in [-0.15, -0.1) is 0 Å². The minimum absolute atomic E-state index is 0.0838. The summed E-state index contributed by atoms with van der Waals surface area (Å²) in [6, 6.07) is 10.5. The fourth-order valence-electron chi connectivity index (χ4n) is 3.97. The molecule has 0 amide bonds. The molecule has 1 aromatic carbocycles. The zero-order chi connectivity index (χ0) is 18.4. The van der Waals surface area contributed by atoms with E-state index in [4.69, 9.17) is 0 Å². The van der Waals surface area contributed by atoms with Gasteiger partial charge in [0, 0.05) is 12.0 Å². The van der Waals surface area contributed by atoms with Crippen LogP contribution < -0.4 is 4.72 Å². The summed E-state index contributed by atoms with van der Waals surface area (Å²) >= 11 is 0. The number of aliphatic hydroxyl groups excluding tert-OH is 1. The second kappa shape index (κ2) is 9.29. The van der Waals surface area contributed by atoms with E-state index in [1.54, 1.807) is 0 Å². The molecule has 1 aliphatic carbocycles. The maximum atomic E-state index is 12.7. The minimum atomic E-state index is -1.12. The van der Waals surface area contributed by atoms with Crippen molar-refractivity contribution in [1.82, 2.24) is 4.72 Å². The Labute approximate surface area is 156 Å². The number of hydrogen-bond acceptors (Lipinski definition) is 2. The molecule has 1 aromatic rings. The summed E-state index contributed by atoms with van der Waals surface area (Å²) in [5.74, 6) is 0.697. The lowest BCUT2D eigenvalue weighted by Gasteiger charge is -2.41. The number of hydrogen-bond donors (Lipinski definition) is 2. The second-order valence-electron chi connectivity index (χ2n) is 8.37. The average Bonchev–Trinajstić information content (AvgIpc) is 2.58. The lowest BCUT2D eigenvalue weighted by Crippen LogP contribution is -2.50. The maximum Gasteiger partial charge on any atom is 0.0972 e. The molecule has 2 rings (SSSR count). The van der Waals surface area contributed by atoms with Crippen LogP contribution in [0.25, 0.3) is 0 Å². The van der Waals surface area contributed by atoms with Crippen LogP contribution in [0.5, 0.6) is 0 Å². The van der Waals surface area contributed by atoms with Crippen LogP contribution in [-0.4, -0.2) is 26.2 Å². The first-order valence-electron chi connectivity index (χ1n) is 9.73.